The molecule has 1 rings (SSSR count). The zero-order chi connectivity index (χ0) is 13.9. The number of rotatable bonds is 3. The van der Waals surface area contributed by atoms with Gasteiger partial charge in [-0.25, -0.2) is 0 Å². The lowest BCUT2D eigenvalue weighted by Crippen LogP contribution is -2.08. The van der Waals surface area contributed by atoms with Crippen molar-refractivity contribution in [3.63, 3.8) is 0 Å². The van der Waals surface area contributed by atoms with E-state index in [0.717, 1.165) is 12.1 Å². The number of hydrogen-bond donors (Lipinski definition) is 0. The average molecular weight is 262 g/mol. The van der Waals surface area contributed by atoms with Gasteiger partial charge in [-0.3, -0.25) is 10.1 Å². The van der Waals surface area contributed by atoms with Crippen molar-refractivity contribution in [2.75, 3.05) is 0 Å². The number of nitro benzene ring substituents is 1. The second kappa shape index (κ2) is 5.03. The molecule has 8 heteroatoms. The van der Waals surface area contributed by atoms with Crippen LogP contribution in [0, 0.1) is 10.1 Å². The van der Waals surface area contributed by atoms with Gasteiger partial charge < -0.3 is 4.84 Å². The predicted octanol–water partition coefficient (Wildman–Crippen LogP) is 3.39. The van der Waals surface area contributed by atoms with E-state index in [-0.39, 0.29) is 0 Å². The van der Waals surface area contributed by atoms with Gasteiger partial charge >= 0.3 is 6.18 Å². The molecule has 1 aromatic rings. The second-order valence-corrected chi connectivity index (χ2v) is 3.57. The Morgan fingerprint density at radius 2 is 2.00 bits per heavy atom. The molecule has 0 N–H and O–H groups in total. The van der Waals surface area contributed by atoms with Crippen LogP contribution in [0.4, 0.5) is 18.9 Å². The number of hydrogen-bond acceptors (Lipinski definition) is 4. The van der Waals surface area contributed by atoms with Crippen LogP contribution in [-0.2, 0) is 6.18 Å². The minimum Gasteiger partial charge on any atom is -0.356 e. The summed E-state index contributed by atoms with van der Waals surface area (Å²) >= 11 is 0. The molecule has 0 radical (unpaired) electrons. The minimum absolute atomic E-state index is 0.413. The van der Waals surface area contributed by atoms with E-state index in [9.17, 15) is 23.3 Å². The highest BCUT2D eigenvalue weighted by Crippen LogP contribution is 2.38. The van der Waals surface area contributed by atoms with Crippen LogP contribution in [0.3, 0.4) is 0 Å². The van der Waals surface area contributed by atoms with E-state index in [4.69, 9.17) is 0 Å². The SMILES string of the molecule is CC(C)=NOc1ccc([N+](=O)[O-])cc1C(F)(F)F. The molecular weight excluding hydrogens is 253 g/mol. The number of benzene rings is 1. The van der Waals surface area contributed by atoms with Crippen LogP contribution < -0.4 is 4.84 Å². The lowest BCUT2D eigenvalue weighted by molar-refractivity contribution is -0.385. The Morgan fingerprint density at radius 1 is 1.39 bits per heavy atom. The first-order chi connectivity index (χ1) is 8.21. The number of alkyl halides is 3. The predicted molar refractivity (Wildman–Crippen MR) is 57.5 cm³/mol. The molecule has 0 saturated heterocycles. The number of nitrogens with zero attached hydrogens (tertiary/aromatic N) is 2. The van der Waals surface area contributed by atoms with Gasteiger partial charge in [-0.05, 0) is 19.9 Å². The molecule has 0 saturated carbocycles. The summed E-state index contributed by atoms with van der Waals surface area (Å²) in [6, 6.07) is 2.20. The third-order valence-corrected chi connectivity index (χ3v) is 1.81. The first-order valence-electron chi connectivity index (χ1n) is 4.75. The van der Waals surface area contributed by atoms with E-state index in [0.29, 0.717) is 11.8 Å². The summed E-state index contributed by atoms with van der Waals surface area (Å²) in [4.78, 5) is 14.1. The topological polar surface area (TPSA) is 64.7 Å². The number of oxime groups is 1. The fourth-order valence-corrected chi connectivity index (χ4v) is 1.07. The highest BCUT2D eigenvalue weighted by molar-refractivity contribution is 5.78. The van der Waals surface area contributed by atoms with Crippen molar-refractivity contribution in [2.45, 2.75) is 20.0 Å². The summed E-state index contributed by atoms with van der Waals surface area (Å²) < 4.78 is 38.0. The molecule has 0 aliphatic carbocycles. The van der Waals surface area contributed by atoms with E-state index in [1.807, 2.05) is 0 Å². The number of halogens is 3. The Kier molecular flexibility index (Phi) is 3.89. The Hall–Kier alpha value is -2.12. The quantitative estimate of drug-likeness (QED) is 0.476. The van der Waals surface area contributed by atoms with Crippen molar-refractivity contribution < 1.29 is 22.9 Å². The molecule has 98 valence electrons. The first kappa shape index (κ1) is 13.9. The normalized spacial score (nSPS) is 10.9. The van der Waals surface area contributed by atoms with Gasteiger partial charge in [0.05, 0.1) is 10.6 Å². The summed E-state index contributed by atoms with van der Waals surface area (Å²) in [7, 11) is 0. The highest BCUT2D eigenvalue weighted by Gasteiger charge is 2.36. The molecule has 0 atom stereocenters. The van der Waals surface area contributed by atoms with Gasteiger partial charge in [0, 0.05) is 12.1 Å². The van der Waals surface area contributed by atoms with Crippen LogP contribution in [0.15, 0.2) is 23.4 Å². The van der Waals surface area contributed by atoms with Crippen molar-refractivity contribution in [1.29, 1.82) is 0 Å². The monoisotopic (exact) mass is 262 g/mol. The van der Waals surface area contributed by atoms with Crippen molar-refractivity contribution in [1.82, 2.24) is 0 Å². The maximum Gasteiger partial charge on any atom is 0.420 e. The molecule has 0 amide bonds. The summed E-state index contributed by atoms with van der Waals surface area (Å²) in [6.07, 6.45) is -4.75. The van der Waals surface area contributed by atoms with Crippen LogP contribution in [0.5, 0.6) is 5.75 Å². The third kappa shape index (κ3) is 3.44. The van der Waals surface area contributed by atoms with Gasteiger partial charge in [-0.2, -0.15) is 13.2 Å². The zero-order valence-corrected chi connectivity index (χ0v) is 9.49. The third-order valence-electron chi connectivity index (χ3n) is 1.81. The first-order valence-corrected chi connectivity index (χ1v) is 4.75. The maximum absolute atomic E-state index is 12.7. The van der Waals surface area contributed by atoms with Crippen LogP contribution in [-0.4, -0.2) is 10.6 Å². The summed E-state index contributed by atoms with van der Waals surface area (Å²) in [5.41, 5.74) is -1.48. The maximum atomic E-state index is 12.7. The van der Waals surface area contributed by atoms with Gasteiger partial charge in [-0.1, -0.05) is 5.16 Å². The molecule has 0 heterocycles. The van der Waals surface area contributed by atoms with Crippen molar-refractivity contribution in [3.8, 4) is 5.75 Å². The van der Waals surface area contributed by atoms with Crippen LogP contribution in [0.25, 0.3) is 0 Å². The van der Waals surface area contributed by atoms with Crippen LogP contribution in [0.1, 0.15) is 19.4 Å². The average Bonchev–Trinajstić information content (AvgIpc) is 2.24. The molecule has 0 aromatic heterocycles. The minimum atomic E-state index is -4.75. The van der Waals surface area contributed by atoms with E-state index < -0.39 is 28.1 Å². The molecule has 0 aliphatic rings. The lowest BCUT2D eigenvalue weighted by Gasteiger charge is -2.10. The zero-order valence-electron chi connectivity index (χ0n) is 9.49. The summed E-state index contributed by atoms with van der Waals surface area (Å²) in [5.74, 6) is -0.575. The number of nitro groups is 1. The Labute approximate surface area is 100 Å². The smallest absolute Gasteiger partial charge is 0.356 e. The summed E-state index contributed by atoms with van der Waals surface area (Å²) in [5, 5.41) is 13.8. The van der Waals surface area contributed by atoms with E-state index in [2.05, 4.69) is 9.99 Å². The van der Waals surface area contributed by atoms with E-state index >= 15 is 0 Å². The molecule has 0 aliphatic heterocycles. The van der Waals surface area contributed by atoms with Crippen LogP contribution in [0.2, 0.25) is 0 Å². The lowest BCUT2D eigenvalue weighted by atomic mass is 10.1. The Bertz CT molecular complexity index is 494. The van der Waals surface area contributed by atoms with E-state index in [1.54, 1.807) is 13.8 Å². The Balaban J connectivity index is 3.26. The molecule has 18 heavy (non-hydrogen) atoms. The number of non-ortho nitro benzene ring substituents is 1. The van der Waals surface area contributed by atoms with Crippen LogP contribution >= 0.6 is 0 Å². The second-order valence-electron chi connectivity index (χ2n) is 3.57. The van der Waals surface area contributed by atoms with Gasteiger partial charge in [0.15, 0.2) is 5.75 Å². The molecule has 1 aromatic carbocycles. The fraction of sp³-hybridized carbons (Fsp3) is 0.300. The fourth-order valence-electron chi connectivity index (χ4n) is 1.07. The van der Waals surface area contributed by atoms with Crippen molar-refractivity contribution >= 4 is 11.4 Å². The molecule has 0 spiro atoms. The molecule has 0 unspecified atom stereocenters. The van der Waals surface area contributed by atoms with Gasteiger partial charge in [0.1, 0.15) is 5.56 Å². The largest absolute Gasteiger partial charge is 0.420 e. The molecule has 0 bridgehead atoms. The van der Waals surface area contributed by atoms with E-state index in [1.165, 1.54) is 0 Å². The van der Waals surface area contributed by atoms with Gasteiger partial charge in [0.25, 0.3) is 5.69 Å². The summed E-state index contributed by atoms with van der Waals surface area (Å²) in [6.45, 7) is 3.08. The molecule has 0 fully saturated rings. The van der Waals surface area contributed by atoms with Crippen molar-refractivity contribution in [3.05, 3.63) is 33.9 Å². The molecular formula is C10H9F3N2O3. The van der Waals surface area contributed by atoms with Gasteiger partial charge in [-0.15, -0.1) is 0 Å². The Morgan fingerprint density at radius 3 is 2.44 bits per heavy atom. The molecule has 5 nitrogen and oxygen atoms in total. The highest BCUT2D eigenvalue weighted by atomic mass is 19.4. The van der Waals surface area contributed by atoms with Gasteiger partial charge in [0.2, 0.25) is 0 Å². The standard InChI is InChI=1S/C10H9F3N2O3/c1-6(2)14-18-9-4-3-7(15(16)17)5-8(9)10(11,12)13/h3-5H,1-2H3. The van der Waals surface area contributed by atoms with Crippen molar-refractivity contribution in [2.24, 2.45) is 5.16 Å².